The minimum absolute atomic E-state index is 0.112. The molecule has 0 atom stereocenters. The third-order valence-corrected chi connectivity index (χ3v) is 5.33. The molecule has 0 spiro atoms. The van der Waals surface area contributed by atoms with Gasteiger partial charge in [-0.3, -0.25) is 9.71 Å². The third-order valence-electron chi connectivity index (χ3n) is 3.95. The maximum atomic E-state index is 12.9. The lowest BCUT2D eigenvalue weighted by Gasteiger charge is -2.14. The van der Waals surface area contributed by atoms with E-state index in [2.05, 4.69) is 9.71 Å². The molecule has 0 saturated heterocycles. The summed E-state index contributed by atoms with van der Waals surface area (Å²) in [6.45, 7) is 3.78. The summed E-state index contributed by atoms with van der Waals surface area (Å²) in [7, 11) is -2.34. The monoisotopic (exact) mass is 342 g/mol. The Bertz CT molecular complexity index is 1010. The SMILES string of the molecule is COc1cc(C)c(C)cc1S(=O)(=O)Nc1cccc2cccnc12. The standard InChI is InChI=1S/C18H18N2O3S/c1-12-10-16(23-3)17(11-13(12)2)24(21,22)20-15-8-4-6-14-7-5-9-19-18(14)15/h4-11,20H,1-3H3. The summed E-state index contributed by atoms with van der Waals surface area (Å²) >= 11 is 0. The van der Waals surface area contributed by atoms with Crippen LogP contribution in [0.2, 0.25) is 0 Å². The first-order valence-corrected chi connectivity index (χ1v) is 8.92. The van der Waals surface area contributed by atoms with Crippen molar-refractivity contribution in [3.05, 3.63) is 59.8 Å². The number of hydrogen-bond donors (Lipinski definition) is 1. The van der Waals surface area contributed by atoms with E-state index >= 15 is 0 Å². The van der Waals surface area contributed by atoms with Gasteiger partial charge in [-0.25, -0.2) is 8.42 Å². The Hall–Kier alpha value is -2.60. The zero-order valence-corrected chi connectivity index (χ0v) is 14.5. The molecule has 0 unspecified atom stereocenters. The van der Waals surface area contributed by atoms with Gasteiger partial charge in [0.05, 0.1) is 18.3 Å². The second-order valence-corrected chi connectivity index (χ2v) is 7.22. The second kappa shape index (κ2) is 6.13. The average molecular weight is 342 g/mol. The van der Waals surface area contributed by atoms with Gasteiger partial charge in [-0.1, -0.05) is 18.2 Å². The summed E-state index contributed by atoms with van der Waals surface area (Å²) < 4.78 is 33.6. The fourth-order valence-electron chi connectivity index (χ4n) is 2.52. The zero-order chi connectivity index (χ0) is 17.3. The minimum Gasteiger partial charge on any atom is -0.495 e. The highest BCUT2D eigenvalue weighted by atomic mass is 32.2. The average Bonchev–Trinajstić information content (AvgIpc) is 2.57. The van der Waals surface area contributed by atoms with E-state index < -0.39 is 10.0 Å². The van der Waals surface area contributed by atoms with Crippen LogP contribution in [0.4, 0.5) is 5.69 Å². The van der Waals surface area contributed by atoms with Crippen molar-refractivity contribution in [3.8, 4) is 5.75 Å². The quantitative estimate of drug-likeness (QED) is 0.785. The number of pyridine rings is 1. The van der Waals surface area contributed by atoms with Crippen LogP contribution in [-0.4, -0.2) is 20.5 Å². The van der Waals surface area contributed by atoms with Crippen LogP contribution >= 0.6 is 0 Å². The van der Waals surface area contributed by atoms with Gasteiger partial charge in [0, 0.05) is 11.6 Å². The number of para-hydroxylation sites is 1. The minimum atomic E-state index is -3.80. The molecule has 3 rings (SSSR count). The largest absolute Gasteiger partial charge is 0.495 e. The van der Waals surface area contributed by atoms with Crippen LogP contribution in [0, 0.1) is 13.8 Å². The Morgan fingerprint density at radius 1 is 1.04 bits per heavy atom. The molecule has 0 fully saturated rings. The lowest BCUT2D eigenvalue weighted by molar-refractivity contribution is 0.402. The summed E-state index contributed by atoms with van der Waals surface area (Å²) in [5.41, 5.74) is 2.89. The normalized spacial score (nSPS) is 11.5. The number of hydrogen-bond acceptors (Lipinski definition) is 4. The molecule has 3 aromatic rings. The summed E-state index contributed by atoms with van der Waals surface area (Å²) in [6.07, 6.45) is 1.64. The number of nitrogens with one attached hydrogen (secondary N) is 1. The van der Waals surface area contributed by atoms with Gasteiger partial charge in [0.25, 0.3) is 10.0 Å². The van der Waals surface area contributed by atoms with Gasteiger partial charge in [-0.05, 0) is 49.2 Å². The number of nitrogens with zero attached hydrogens (tertiary/aromatic N) is 1. The number of aromatic nitrogens is 1. The Morgan fingerprint density at radius 2 is 1.75 bits per heavy atom. The smallest absolute Gasteiger partial charge is 0.265 e. The number of fused-ring (bicyclic) bond motifs is 1. The van der Waals surface area contributed by atoms with E-state index in [1.54, 1.807) is 30.5 Å². The van der Waals surface area contributed by atoms with Crippen LogP contribution in [0.1, 0.15) is 11.1 Å². The molecule has 0 bridgehead atoms. The molecule has 0 amide bonds. The molecule has 0 aliphatic heterocycles. The van der Waals surface area contributed by atoms with Gasteiger partial charge in [-0.15, -0.1) is 0 Å². The zero-order valence-electron chi connectivity index (χ0n) is 13.7. The van der Waals surface area contributed by atoms with Crippen LogP contribution in [-0.2, 0) is 10.0 Å². The van der Waals surface area contributed by atoms with Crippen LogP contribution in [0.3, 0.4) is 0 Å². The van der Waals surface area contributed by atoms with Crippen molar-refractivity contribution in [1.29, 1.82) is 0 Å². The van der Waals surface area contributed by atoms with E-state index in [1.807, 2.05) is 32.0 Å². The van der Waals surface area contributed by atoms with Crippen molar-refractivity contribution in [2.75, 3.05) is 11.8 Å². The highest BCUT2D eigenvalue weighted by Crippen LogP contribution is 2.30. The topological polar surface area (TPSA) is 68.3 Å². The van der Waals surface area contributed by atoms with E-state index in [4.69, 9.17) is 4.74 Å². The molecule has 2 aromatic carbocycles. The number of sulfonamides is 1. The Kier molecular flexibility index (Phi) is 4.15. The molecule has 0 aliphatic carbocycles. The maximum absolute atomic E-state index is 12.9. The van der Waals surface area contributed by atoms with E-state index in [0.717, 1.165) is 16.5 Å². The van der Waals surface area contributed by atoms with Gasteiger partial charge in [0.15, 0.2) is 0 Å². The lowest BCUT2D eigenvalue weighted by Crippen LogP contribution is -2.15. The van der Waals surface area contributed by atoms with Crippen molar-refractivity contribution in [2.24, 2.45) is 0 Å². The molecule has 0 saturated carbocycles. The van der Waals surface area contributed by atoms with Crippen LogP contribution in [0.15, 0.2) is 53.6 Å². The Labute approximate surface area is 141 Å². The number of methoxy groups -OCH3 is 1. The second-order valence-electron chi connectivity index (χ2n) is 5.57. The molecule has 124 valence electrons. The highest BCUT2D eigenvalue weighted by molar-refractivity contribution is 7.92. The molecule has 1 heterocycles. The third kappa shape index (κ3) is 2.92. The molecule has 1 N–H and O–H groups in total. The fourth-order valence-corrected chi connectivity index (χ4v) is 3.82. The Balaban J connectivity index is 2.11. The van der Waals surface area contributed by atoms with Crippen LogP contribution in [0.25, 0.3) is 10.9 Å². The van der Waals surface area contributed by atoms with E-state index in [1.165, 1.54) is 7.11 Å². The molecular formula is C18H18N2O3S. The summed E-state index contributed by atoms with van der Waals surface area (Å²) in [5, 5.41) is 0.866. The summed E-state index contributed by atoms with van der Waals surface area (Å²) in [4.78, 5) is 4.39. The molecule has 5 nitrogen and oxygen atoms in total. The molecule has 0 radical (unpaired) electrons. The number of anilines is 1. The highest BCUT2D eigenvalue weighted by Gasteiger charge is 2.21. The fraction of sp³-hybridized carbons (Fsp3) is 0.167. The van der Waals surface area contributed by atoms with E-state index in [0.29, 0.717) is 17.0 Å². The molecular weight excluding hydrogens is 324 g/mol. The van der Waals surface area contributed by atoms with Crippen LogP contribution in [0.5, 0.6) is 5.75 Å². The molecule has 0 aliphatic rings. The number of ether oxygens (including phenoxy) is 1. The number of aryl methyl sites for hydroxylation is 2. The molecule has 24 heavy (non-hydrogen) atoms. The van der Waals surface area contributed by atoms with Gasteiger partial charge < -0.3 is 4.74 Å². The van der Waals surface area contributed by atoms with Crippen molar-refractivity contribution in [1.82, 2.24) is 4.98 Å². The van der Waals surface area contributed by atoms with Gasteiger partial charge in [0.1, 0.15) is 10.6 Å². The van der Waals surface area contributed by atoms with Crippen molar-refractivity contribution < 1.29 is 13.2 Å². The summed E-state index contributed by atoms with van der Waals surface area (Å²) in [5.74, 6) is 0.318. The molecule has 1 aromatic heterocycles. The summed E-state index contributed by atoms with van der Waals surface area (Å²) in [6, 6.07) is 12.4. The predicted molar refractivity (Wildman–Crippen MR) is 95.0 cm³/mol. The Morgan fingerprint density at radius 3 is 2.50 bits per heavy atom. The number of rotatable bonds is 4. The van der Waals surface area contributed by atoms with Crippen LogP contribution < -0.4 is 9.46 Å². The first kappa shape index (κ1) is 16.3. The first-order chi connectivity index (χ1) is 11.4. The van der Waals surface area contributed by atoms with E-state index in [9.17, 15) is 8.42 Å². The maximum Gasteiger partial charge on any atom is 0.265 e. The predicted octanol–water partition coefficient (Wildman–Crippen LogP) is 3.66. The van der Waals surface area contributed by atoms with Crippen molar-refractivity contribution >= 4 is 26.6 Å². The first-order valence-electron chi connectivity index (χ1n) is 7.44. The van der Waals surface area contributed by atoms with Gasteiger partial charge >= 0.3 is 0 Å². The lowest BCUT2D eigenvalue weighted by atomic mass is 10.1. The van der Waals surface area contributed by atoms with Gasteiger partial charge in [0.2, 0.25) is 0 Å². The number of benzene rings is 2. The van der Waals surface area contributed by atoms with Crippen molar-refractivity contribution in [2.45, 2.75) is 18.7 Å². The molecule has 6 heteroatoms. The van der Waals surface area contributed by atoms with Gasteiger partial charge in [-0.2, -0.15) is 0 Å². The van der Waals surface area contributed by atoms with Crippen molar-refractivity contribution in [3.63, 3.8) is 0 Å². The van der Waals surface area contributed by atoms with E-state index in [-0.39, 0.29) is 4.90 Å².